The van der Waals surface area contributed by atoms with E-state index in [0.717, 1.165) is 36.8 Å². The molecular weight excluding hydrogens is 372 g/mol. The Morgan fingerprint density at radius 3 is 2.39 bits per heavy atom. The number of likely N-dealkylation sites (N-methyl/N-ethyl adjacent to an activating group) is 1. The van der Waals surface area contributed by atoms with Crippen LogP contribution in [0.5, 0.6) is 0 Å². The van der Waals surface area contributed by atoms with Gasteiger partial charge in [-0.2, -0.15) is 0 Å². The molecule has 4 rings (SSSR count). The highest BCUT2D eigenvalue weighted by Gasteiger charge is 2.39. The van der Waals surface area contributed by atoms with Crippen LogP contribution in [0.3, 0.4) is 0 Å². The van der Waals surface area contributed by atoms with Crippen LogP contribution in [-0.4, -0.2) is 56.4 Å². The normalized spacial score (nSPS) is 21.8. The third-order valence-electron chi connectivity index (χ3n) is 6.15. The average molecular weight is 401 g/mol. The standard InChI is InChI=1S/C22H28N2O3S/c1-23(20-11-10-17-6-2-3-7-18(17)14-20)15-22(25)24(19-8-4-5-9-19)21-12-13-28(26,27)16-21/h2-3,6-7,10-11,14,19,21H,4-5,8-9,12-13,15-16H2,1H3/t21-/m1/s1. The summed E-state index contributed by atoms with van der Waals surface area (Å²) in [6.07, 6.45) is 4.79. The van der Waals surface area contributed by atoms with Gasteiger partial charge in [-0.1, -0.05) is 43.2 Å². The van der Waals surface area contributed by atoms with E-state index >= 15 is 0 Å². The van der Waals surface area contributed by atoms with Gasteiger partial charge in [0.25, 0.3) is 0 Å². The molecule has 1 aliphatic heterocycles. The van der Waals surface area contributed by atoms with Gasteiger partial charge in [0.1, 0.15) is 0 Å². The number of carbonyl (C=O) groups excluding carboxylic acids is 1. The molecule has 1 atom stereocenters. The molecule has 0 aromatic heterocycles. The fraction of sp³-hybridized carbons (Fsp3) is 0.500. The summed E-state index contributed by atoms with van der Waals surface area (Å²) in [5.74, 6) is 0.369. The van der Waals surface area contributed by atoms with Crippen molar-refractivity contribution in [2.24, 2.45) is 0 Å². The Labute approximate surface area is 167 Å². The van der Waals surface area contributed by atoms with E-state index in [0.29, 0.717) is 6.42 Å². The van der Waals surface area contributed by atoms with Crippen LogP contribution in [0.4, 0.5) is 5.69 Å². The number of hydrogen-bond donors (Lipinski definition) is 0. The van der Waals surface area contributed by atoms with E-state index in [-0.39, 0.29) is 36.0 Å². The van der Waals surface area contributed by atoms with Crippen LogP contribution >= 0.6 is 0 Å². The number of rotatable bonds is 5. The number of fused-ring (bicyclic) bond motifs is 1. The molecule has 1 saturated carbocycles. The van der Waals surface area contributed by atoms with E-state index in [4.69, 9.17) is 0 Å². The molecule has 2 aromatic carbocycles. The van der Waals surface area contributed by atoms with Crippen LogP contribution in [-0.2, 0) is 14.6 Å². The number of anilines is 1. The first kappa shape index (κ1) is 19.2. The van der Waals surface area contributed by atoms with E-state index in [9.17, 15) is 13.2 Å². The fourth-order valence-corrected chi connectivity index (χ4v) is 6.38. The molecule has 0 bridgehead atoms. The minimum atomic E-state index is -3.02. The lowest BCUT2D eigenvalue weighted by Crippen LogP contribution is -2.50. The van der Waals surface area contributed by atoms with Crippen LogP contribution in [0.15, 0.2) is 42.5 Å². The van der Waals surface area contributed by atoms with E-state index in [1.807, 2.05) is 35.0 Å². The van der Waals surface area contributed by atoms with Gasteiger partial charge in [-0.05, 0) is 42.2 Å². The van der Waals surface area contributed by atoms with E-state index < -0.39 is 9.84 Å². The number of hydrogen-bond acceptors (Lipinski definition) is 4. The summed E-state index contributed by atoms with van der Waals surface area (Å²) in [6, 6.07) is 14.4. The molecule has 6 heteroatoms. The molecule has 1 aliphatic carbocycles. The highest BCUT2D eigenvalue weighted by Crippen LogP contribution is 2.30. The zero-order chi connectivity index (χ0) is 19.7. The molecular formula is C22H28N2O3S. The van der Waals surface area contributed by atoms with Gasteiger partial charge in [0.05, 0.1) is 18.1 Å². The van der Waals surface area contributed by atoms with Gasteiger partial charge in [0.15, 0.2) is 9.84 Å². The maximum atomic E-state index is 13.3. The van der Waals surface area contributed by atoms with Crippen molar-refractivity contribution < 1.29 is 13.2 Å². The van der Waals surface area contributed by atoms with Crippen LogP contribution in [0.25, 0.3) is 10.8 Å². The third-order valence-corrected chi connectivity index (χ3v) is 7.90. The van der Waals surface area contributed by atoms with Crippen molar-refractivity contribution in [3.8, 4) is 0 Å². The van der Waals surface area contributed by atoms with Gasteiger partial charge >= 0.3 is 0 Å². The minimum absolute atomic E-state index is 0.0460. The summed E-state index contributed by atoms with van der Waals surface area (Å²) < 4.78 is 24.0. The van der Waals surface area contributed by atoms with Crippen molar-refractivity contribution in [1.29, 1.82) is 0 Å². The molecule has 2 aromatic rings. The van der Waals surface area contributed by atoms with Crippen molar-refractivity contribution >= 4 is 32.2 Å². The quantitative estimate of drug-likeness (QED) is 0.773. The molecule has 2 fully saturated rings. The lowest BCUT2D eigenvalue weighted by Gasteiger charge is -2.35. The molecule has 0 N–H and O–H groups in total. The SMILES string of the molecule is CN(CC(=O)N(C1CCCC1)[C@@H]1CCS(=O)(=O)C1)c1ccc2ccccc2c1. The Hall–Kier alpha value is -2.08. The maximum Gasteiger partial charge on any atom is 0.242 e. The first-order chi connectivity index (χ1) is 13.4. The summed E-state index contributed by atoms with van der Waals surface area (Å²) in [4.78, 5) is 17.2. The molecule has 0 spiro atoms. The molecule has 28 heavy (non-hydrogen) atoms. The zero-order valence-corrected chi connectivity index (χ0v) is 17.2. The molecule has 150 valence electrons. The Morgan fingerprint density at radius 2 is 1.71 bits per heavy atom. The summed E-state index contributed by atoms with van der Waals surface area (Å²) in [6.45, 7) is 0.269. The van der Waals surface area contributed by atoms with Gasteiger partial charge in [0, 0.05) is 24.8 Å². The highest BCUT2D eigenvalue weighted by atomic mass is 32.2. The monoisotopic (exact) mass is 400 g/mol. The van der Waals surface area contributed by atoms with Gasteiger partial charge in [-0.3, -0.25) is 4.79 Å². The van der Waals surface area contributed by atoms with Crippen molar-refractivity contribution in [3.05, 3.63) is 42.5 Å². The van der Waals surface area contributed by atoms with Crippen molar-refractivity contribution in [3.63, 3.8) is 0 Å². The molecule has 1 heterocycles. The minimum Gasteiger partial charge on any atom is -0.365 e. The third kappa shape index (κ3) is 4.02. The Balaban J connectivity index is 1.52. The topological polar surface area (TPSA) is 57.7 Å². The first-order valence-electron chi connectivity index (χ1n) is 10.1. The molecule has 1 saturated heterocycles. The smallest absolute Gasteiger partial charge is 0.242 e. The lowest BCUT2D eigenvalue weighted by molar-refractivity contribution is -0.134. The van der Waals surface area contributed by atoms with Crippen LogP contribution in [0.2, 0.25) is 0 Å². The number of nitrogens with zero attached hydrogens (tertiary/aromatic N) is 2. The number of amides is 1. The van der Waals surface area contributed by atoms with Gasteiger partial charge in [-0.25, -0.2) is 8.42 Å². The lowest BCUT2D eigenvalue weighted by atomic mass is 10.1. The van der Waals surface area contributed by atoms with Crippen LogP contribution < -0.4 is 4.90 Å². The number of carbonyl (C=O) groups is 1. The second-order valence-corrected chi connectivity index (χ2v) is 10.4. The van der Waals surface area contributed by atoms with Crippen molar-refractivity contribution in [1.82, 2.24) is 4.90 Å². The van der Waals surface area contributed by atoms with Crippen LogP contribution in [0.1, 0.15) is 32.1 Å². The average Bonchev–Trinajstić information content (AvgIpc) is 3.31. The summed E-state index contributed by atoms with van der Waals surface area (Å²) in [5.41, 5.74) is 0.998. The van der Waals surface area contributed by atoms with Gasteiger partial charge < -0.3 is 9.80 Å². The number of benzene rings is 2. The summed E-state index contributed by atoms with van der Waals surface area (Å²) in [7, 11) is -1.09. The molecule has 5 nitrogen and oxygen atoms in total. The van der Waals surface area contributed by atoms with Crippen LogP contribution in [0, 0.1) is 0 Å². The Kier molecular flexibility index (Phi) is 5.32. The predicted octanol–water partition coefficient (Wildman–Crippen LogP) is 3.23. The molecule has 0 unspecified atom stereocenters. The fourth-order valence-electron chi connectivity index (χ4n) is 4.67. The van der Waals surface area contributed by atoms with Crippen molar-refractivity contribution in [2.75, 3.05) is 30.0 Å². The first-order valence-corrected chi connectivity index (χ1v) is 12.0. The van der Waals surface area contributed by atoms with E-state index in [2.05, 4.69) is 24.3 Å². The van der Waals surface area contributed by atoms with Crippen molar-refractivity contribution in [2.45, 2.75) is 44.2 Å². The second-order valence-electron chi connectivity index (χ2n) is 8.18. The largest absolute Gasteiger partial charge is 0.365 e. The van der Waals surface area contributed by atoms with E-state index in [1.165, 1.54) is 5.39 Å². The number of sulfone groups is 1. The van der Waals surface area contributed by atoms with E-state index in [1.54, 1.807) is 0 Å². The molecule has 0 radical (unpaired) electrons. The van der Waals surface area contributed by atoms with Gasteiger partial charge in [-0.15, -0.1) is 0 Å². The Bertz CT molecular complexity index is 967. The zero-order valence-electron chi connectivity index (χ0n) is 16.4. The summed E-state index contributed by atoms with van der Waals surface area (Å²) >= 11 is 0. The predicted molar refractivity (Wildman–Crippen MR) is 113 cm³/mol. The highest BCUT2D eigenvalue weighted by molar-refractivity contribution is 7.91. The maximum absolute atomic E-state index is 13.3. The second kappa shape index (κ2) is 7.74. The molecule has 1 amide bonds. The Morgan fingerprint density at radius 1 is 1.00 bits per heavy atom. The van der Waals surface area contributed by atoms with Gasteiger partial charge in [0.2, 0.25) is 5.91 Å². The molecule has 2 aliphatic rings. The summed E-state index contributed by atoms with van der Waals surface area (Å²) in [5, 5.41) is 2.32.